The normalized spacial score (nSPS) is 37.3. The highest BCUT2D eigenvalue weighted by molar-refractivity contribution is 5.87. The first kappa shape index (κ1) is 15.9. The average molecular weight is 328 g/mol. The molecule has 2 unspecified atom stereocenters. The Hall–Kier alpha value is -1.55. The number of rotatable bonds is 4. The lowest BCUT2D eigenvalue weighted by molar-refractivity contribution is -0.136. The van der Waals surface area contributed by atoms with Gasteiger partial charge in [0.15, 0.2) is 5.60 Å². The Morgan fingerprint density at radius 3 is 2.38 bits per heavy atom. The summed E-state index contributed by atoms with van der Waals surface area (Å²) in [5, 5.41) is 22.8. The Bertz CT molecular complexity index is 612. The molecule has 0 heterocycles. The lowest BCUT2D eigenvalue weighted by atomic mass is 9.52. The van der Waals surface area contributed by atoms with E-state index in [0.29, 0.717) is 29.6 Å². The van der Waals surface area contributed by atoms with Crippen molar-refractivity contribution in [3.05, 3.63) is 30.3 Å². The molecule has 0 aliphatic heterocycles. The van der Waals surface area contributed by atoms with Crippen LogP contribution in [0.15, 0.2) is 30.3 Å². The van der Waals surface area contributed by atoms with E-state index in [1.54, 1.807) is 0 Å². The van der Waals surface area contributed by atoms with Gasteiger partial charge in [-0.3, -0.25) is 5.41 Å². The number of hydrogen-bond acceptors (Lipinski definition) is 3. The summed E-state index contributed by atoms with van der Waals surface area (Å²) in [6.45, 7) is 3.89. The molecule has 24 heavy (non-hydrogen) atoms. The van der Waals surface area contributed by atoms with Crippen molar-refractivity contribution in [2.75, 3.05) is 0 Å². The van der Waals surface area contributed by atoms with Crippen molar-refractivity contribution >= 4 is 5.84 Å². The topological polar surface area (TPSA) is 65.3 Å². The summed E-state index contributed by atoms with van der Waals surface area (Å²) < 4.78 is 6.04. The molecular weight excluding hydrogens is 300 g/mol. The molecule has 130 valence electrons. The largest absolute Gasteiger partial charge is 0.480 e. The van der Waals surface area contributed by atoms with E-state index in [0.717, 1.165) is 25.0 Å². The summed E-state index contributed by atoms with van der Waals surface area (Å²) in [4.78, 5) is 0. The first-order chi connectivity index (χ1) is 11.3. The Labute approximate surface area is 144 Å². The fraction of sp³-hybridized carbons (Fsp3) is 0.650. The van der Waals surface area contributed by atoms with Gasteiger partial charge in [0.05, 0.1) is 5.60 Å². The van der Waals surface area contributed by atoms with E-state index in [1.807, 2.05) is 44.2 Å². The molecule has 1 aromatic rings. The molecule has 4 saturated carbocycles. The molecule has 4 bridgehead atoms. The molecule has 0 aromatic heterocycles. The summed E-state index contributed by atoms with van der Waals surface area (Å²) in [5.74, 6) is 2.90. The van der Waals surface area contributed by atoms with E-state index in [9.17, 15) is 5.11 Å². The van der Waals surface area contributed by atoms with Crippen molar-refractivity contribution in [1.29, 1.82) is 5.41 Å². The van der Waals surface area contributed by atoms with Crippen LogP contribution in [-0.2, 0) is 0 Å². The quantitative estimate of drug-likeness (QED) is 0.586. The van der Waals surface area contributed by atoms with Crippen molar-refractivity contribution in [1.82, 2.24) is 5.32 Å². The second kappa shape index (κ2) is 5.48. The van der Waals surface area contributed by atoms with Crippen LogP contribution in [0, 0.1) is 23.2 Å². The van der Waals surface area contributed by atoms with Gasteiger partial charge in [0, 0.05) is 6.04 Å². The standard InChI is InChI=1S/C20H28N2O2/c1-19(2,24-16-6-4-3-5-7-16)18(21)22-17-14-8-13-9-15(17)12-20(23,10-13)11-14/h3-7,13-15,17,23H,8-12H2,1-2H3,(H2,21,22). The zero-order valence-electron chi connectivity index (χ0n) is 14.6. The van der Waals surface area contributed by atoms with E-state index >= 15 is 0 Å². The van der Waals surface area contributed by atoms with Crippen LogP contribution in [0.5, 0.6) is 5.75 Å². The second-order valence-corrected chi connectivity index (χ2v) is 8.66. The van der Waals surface area contributed by atoms with Crippen molar-refractivity contribution in [3.8, 4) is 5.75 Å². The molecule has 5 rings (SSSR count). The number of hydrogen-bond donors (Lipinski definition) is 3. The highest BCUT2D eigenvalue weighted by atomic mass is 16.5. The molecule has 0 spiro atoms. The Kier molecular flexibility index (Phi) is 3.64. The number of aliphatic hydroxyl groups is 1. The minimum atomic E-state index is -0.688. The summed E-state index contributed by atoms with van der Waals surface area (Å²) in [6, 6.07) is 10.0. The van der Waals surface area contributed by atoms with Gasteiger partial charge in [-0.2, -0.15) is 0 Å². The molecule has 0 saturated heterocycles. The molecule has 4 heteroatoms. The Morgan fingerprint density at radius 2 is 1.79 bits per heavy atom. The number of amidine groups is 1. The lowest BCUT2D eigenvalue weighted by Crippen LogP contribution is -2.63. The lowest BCUT2D eigenvalue weighted by Gasteiger charge is -2.58. The van der Waals surface area contributed by atoms with E-state index in [2.05, 4.69) is 5.32 Å². The Balaban J connectivity index is 1.44. The molecule has 3 N–H and O–H groups in total. The molecule has 1 aromatic carbocycles. The maximum absolute atomic E-state index is 10.7. The minimum Gasteiger partial charge on any atom is -0.480 e. The summed E-state index contributed by atoms with van der Waals surface area (Å²) in [5.41, 5.74) is -1.11. The molecule has 0 amide bonds. The van der Waals surface area contributed by atoms with Crippen LogP contribution in [0.1, 0.15) is 46.0 Å². The molecular formula is C20H28N2O2. The molecule has 0 radical (unpaired) electrons. The van der Waals surface area contributed by atoms with Gasteiger partial charge < -0.3 is 15.2 Å². The van der Waals surface area contributed by atoms with E-state index in [4.69, 9.17) is 10.1 Å². The van der Waals surface area contributed by atoms with Crippen molar-refractivity contribution in [2.45, 2.75) is 63.2 Å². The minimum absolute atomic E-state index is 0.313. The zero-order valence-corrected chi connectivity index (χ0v) is 14.6. The van der Waals surface area contributed by atoms with Crippen LogP contribution in [0.25, 0.3) is 0 Å². The van der Waals surface area contributed by atoms with Gasteiger partial charge in [0.1, 0.15) is 11.6 Å². The van der Waals surface area contributed by atoms with Gasteiger partial charge >= 0.3 is 0 Å². The smallest absolute Gasteiger partial charge is 0.160 e. The van der Waals surface area contributed by atoms with Crippen LogP contribution in [-0.4, -0.2) is 28.2 Å². The van der Waals surface area contributed by atoms with Crippen LogP contribution in [0.4, 0.5) is 0 Å². The predicted molar refractivity (Wildman–Crippen MR) is 94.3 cm³/mol. The van der Waals surface area contributed by atoms with Gasteiger partial charge in [-0.15, -0.1) is 0 Å². The SMILES string of the molecule is CC(C)(Oc1ccccc1)C(=N)NC1C2CC3CC1CC(O)(C3)C2. The van der Waals surface area contributed by atoms with Crippen molar-refractivity contribution in [3.63, 3.8) is 0 Å². The number of para-hydroxylation sites is 1. The van der Waals surface area contributed by atoms with E-state index in [-0.39, 0.29) is 0 Å². The number of benzene rings is 1. The predicted octanol–water partition coefficient (Wildman–Crippen LogP) is 3.35. The third-order valence-corrected chi connectivity index (χ3v) is 6.27. The summed E-state index contributed by atoms with van der Waals surface area (Å²) >= 11 is 0. The maximum atomic E-state index is 10.7. The zero-order chi connectivity index (χ0) is 16.9. The maximum Gasteiger partial charge on any atom is 0.160 e. The van der Waals surface area contributed by atoms with Crippen LogP contribution >= 0.6 is 0 Å². The molecule has 4 aliphatic carbocycles. The van der Waals surface area contributed by atoms with E-state index in [1.165, 1.54) is 12.8 Å². The van der Waals surface area contributed by atoms with Gasteiger partial charge in [0.2, 0.25) is 0 Å². The molecule has 4 nitrogen and oxygen atoms in total. The monoisotopic (exact) mass is 328 g/mol. The number of nitrogens with one attached hydrogen (secondary N) is 2. The third kappa shape index (κ3) is 2.81. The van der Waals surface area contributed by atoms with Crippen molar-refractivity contribution < 1.29 is 9.84 Å². The second-order valence-electron chi connectivity index (χ2n) is 8.66. The van der Waals surface area contributed by atoms with Crippen LogP contribution < -0.4 is 10.1 Å². The van der Waals surface area contributed by atoms with Crippen LogP contribution in [0.3, 0.4) is 0 Å². The highest BCUT2D eigenvalue weighted by Crippen LogP contribution is 2.55. The van der Waals surface area contributed by atoms with Gasteiger partial charge in [-0.1, -0.05) is 18.2 Å². The fourth-order valence-corrected chi connectivity index (χ4v) is 5.39. The fourth-order valence-electron chi connectivity index (χ4n) is 5.39. The molecule has 4 fully saturated rings. The molecule has 2 atom stereocenters. The van der Waals surface area contributed by atoms with Crippen LogP contribution in [0.2, 0.25) is 0 Å². The van der Waals surface area contributed by atoms with Crippen molar-refractivity contribution in [2.24, 2.45) is 17.8 Å². The van der Waals surface area contributed by atoms with Gasteiger partial charge in [-0.05, 0) is 75.8 Å². The summed E-state index contributed by atoms with van der Waals surface area (Å²) in [6.07, 6.45) is 5.18. The highest BCUT2D eigenvalue weighted by Gasteiger charge is 2.55. The summed E-state index contributed by atoms with van der Waals surface area (Å²) in [7, 11) is 0. The first-order valence-corrected chi connectivity index (χ1v) is 9.17. The molecule has 4 aliphatic rings. The van der Waals surface area contributed by atoms with E-state index < -0.39 is 11.2 Å². The van der Waals surface area contributed by atoms with Gasteiger partial charge in [-0.25, -0.2) is 0 Å². The Morgan fingerprint density at radius 1 is 1.17 bits per heavy atom. The average Bonchev–Trinajstić information content (AvgIpc) is 2.49. The number of ether oxygens (including phenoxy) is 1. The third-order valence-electron chi connectivity index (χ3n) is 6.27. The van der Waals surface area contributed by atoms with Gasteiger partial charge in [0.25, 0.3) is 0 Å². The first-order valence-electron chi connectivity index (χ1n) is 9.17.